The van der Waals surface area contributed by atoms with Crippen LogP contribution in [0.5, 0.6) is 0 Å². The summed E-state index contributed by atoms with van der Waals surface area (Å²) in [6.45, 7) is 5.52. The Bertz CT molecular complexity index is 965. The summed E-state index contributed by atoms with van der Waals surface area (Å²) in [5, 5.41) is 16.3. The number of rotatable bonds is 6. The van der Waals surface area contributed by atoms with E-state index in [2.05, 4.69) is 27.5 Å². The highest BCUT2D eigenvalue weighted by Crippen LogP contribution is 2.25. The van der Waals surface area contributed by atoms with Gasteiger partial charge in [0.2, 0.25) is 0 Å². The van der Waals surface area contributed by atoms with Gasteiger partial charge in [0.15, 0.2) is 0 Å². The topological polar surface area (TPSA) is 113 Å². The molecule has 3 rings (SSSR count). The SMILES string of the molecule is Cc1ccc(NC(=O)C(=O)NCC(c2cccn2C)N2CCN(C)CC2)c([N+](=O)[O-])c1. The summed E-state index contributed by atoms with van der Waals surface area (Å²) in [4.78, 5) is 40.0. The van der Waals surface area contributed by atoms with Gasteiger partial charge >= 0.3 is 11.8 Å². The summed E-state index contributed by atoms with van der Waals surface area (Å²) in [5.74, 6) is -1.76. The maximum Gasteiger partial charge on any atom is 0.313 e. The molecule has 2 amide bonds. The van der Waals surface area contributed by atoms with Crippen LogP contribution in [0.3, 0.4) is 0 Å². The molecule has 0 spiro atoms. The Labute approximate surface area is 181 Å². The van der Waals surface area contributed by atoms with Crippen LogP contribution in [0.25, 0.3) is 0 Å². The standard InChI is InChI=1S/C21H28N6O4/c1-15-6-7-16(18(13-15)27(30)31)23-21(29)20(28)22-14-19(17-5-4-8-25(17)3)26-11-9-24(2)10-12-26/h4-8,13,19H,9-12,14H2,1-3H3,(H,22,28)(H,23,29). The monoisotopic (exact) mass is 428 g/mol. The van der Waals surface area contributed by atoms with E-state index in [-0.39, 0.29) is 24.0 Å². The number of aromatic nitrogens is 1. The summed E-state index contributed by atoms with van der Waals surface area (Å²) in [6.07, 6.45) is 1.95. The summed E-state index contributed by atoms with van der Waals surface area (Å²) in [6, 6.07) is 8.29. The lowest BCUT2D eigenvalue weighted by molar-refractivity contribution is -0.384. The zero-order valence-corrected chi connectivity index (χ0v) is 18.0. The third kappa shape index (κ3) is 5.47. The van der Waals surface area contributed by atoms with Crippen LogP contribution >= 0.6 is 0 Å². The van der Waals surface area contributed by atoms with Gasteiger partial charge in [0.05, 0.1) is 11.0 Å². The Kier molecular flexibility index (Phi) is 7.03. The Morgan fingerprint density at radius 1 is 1.13 bits per heavy atom. The molecule has 0 saturated carbocycles. The first-order chi connectivity index (χ1) is 14.8. The van der Waals surface area contributed by atoms with Gasteiger partial charge in [-0.25, -0.2) is 0 Å². The van der Waals surface area contributed by atoms with Crippen LogP contribution in [0.15, 0.2) is 36.5 Å². The second-order valence-corrected chi connectivity index (χ2v) is 7.84. The third-order valence-corrected chi connectivity index (χ3v) is 5.56. The predicted molar refractivity (Wildman–Crippen MR) is 117 cm³/mol. The van der Waals surface area contributed by atoms with Gasteiger partial charge < -0.3 is 20.1 Å². The molecule has 10 nitrogen and oxygen atoms in total. The van der Waals surface area contributed by atoms with Crippen LogP contribution in [-0.2, 0) is 16.6 Å². The fraction of sp³-hybridized carbons (Fsp3) is 0.429. The van der Waals surface area contributed by atoms with Crippen molar-refractivity contribution >= 4 is 23.2 Å². The van der Waals surface area contributed by atoms with Crippen molar-refractivity contribution in [3.05, 3.63) is 57.9 Å². The second kappa shape index (κ2) is 9.71. The van der Waals surface area contributed by atoms with Crippen molar-refractivity contribution in [3.63, 3.8) is 0 Å². The summed E-state index contributed by atoms with van der Waals surface area (Å²) < 4.78 is 2.00. The molecule has 1 aliphatic rings. The molecule has 0 bridgehead atoms. The normalized spacial score (nSPS) is 16.0. The molecule has 1 aromatic heterocycles. The maximum atomic E-state index is 12.5. The number of nitro benzene ring substituents is 1. The number of anilines is 1. The minimum atomic E-state index is -0.934. The highest BCUT2D eigenvalue weighted by Gasteiger charge is 2.27. The summed E-state index contributed by atoms with van der Waals surface area (Å²) in [5.41, 5.74) is 1.47. The van der Waals surface area contributed by atoms with E-state index >= 15 is 0 Å². The van der Waals surface area contributed by atoms with Crippen LogP contribution in [0.2, 0.25) is 0 Å². The van der Waals surface area contributed by atoms with Gasteiger partial charge in [-0.1, -0.05) is 6.07 Å². The number of nitro groups is 1. The van der Waals surface area contributed by atoms with Gasteiger partial charge in [0, 0.05) is 57.7 Å². The van der Waals surface area contributed by atoms with E-state index in [9.17, 15) is 19.7 Å². The maximum absolute atomic E-state index is 12.5. The van der Waals surface area contributed by atoms with Crippen molar-refractivity contribution in [2.24, 2.45) is 7.05 Å². The number of likely N-dealkylation sites (N-methyl/N-ethyl adjacent to an activating group) is 1. The molecule has 2 aromatic rings. The van der Waals surface area contributed by atoms with E-state index in [1.807, 2.05) is 29.9 Å². The highest BCUT2D eigenvalue weighted by molar-refractivity contribution is 6.39. The predicted octanol–water partition coefficient (Wildman–Crippen LogP) is 1.29. The molecule has 1 aliphatic heterocycles. The Morgan fingerprint density at radius 2 is 1.84 bits per heavy atom. The Hall–Kier alpha value is -3.24. The quantitative estimate of drug-likeness (QED) is 0.407. The first-order valence-electron chi connectivity index (χ1n) is 10.1. The number of nitrogens with zero attached hydrogens (tertiary/aromatic N) is 4. The van der Waals surface area contributed by atoms with E-state index in [1.54, 1.807) is 13.0 Å². The molecule has 1 saturated heterocycles. The van der Waals surface area contributed by atoms with Crippen molar-refractivity contribution in [1.82, 2.24) is 19.7 Å². The van der Waals surface area contributed by atoms with E-state index in [1.165, 1.54) is 12.1 Å². The van der Waals surface area contributed by atoms with Crippen molar-refractivity contribution in [2.45, 2.75) is 13.0 Å². The molecule has 0 radical (unpaired) electrons. The Balaban J connectivity index is 1.67. The average Bonchev–Trinajstić information content (AvgIpc) is 3.16. The molecule has 1 aromatic carbocycles. The first-order valence-corrected chi connectivity index (χ1v) is 10.1. The highest BCUT2D eigenvalue weighted by atomic mass is 16.6. The van der Waals surface area contributed by atoms with Gasteiger partial charge in [-0.2, -0.15) is 0 Å². The molecule has 1 unspecified atom stereocenters. The molecule has 31 heavy (non-hydrogen) atoms. The number of carbonyl (C=O) groups excluding carboxylic acids is 2. The van der Waals surface area contributed by atoms with Gasteiger partial charge in [-0.05, 0) is 37.7 Å². The molecule has 2 heterocycles. The summed E-state index contributed by atoms with van der Waals surface area (Å²) >= 11 is 0. The van der Waals surface area contributed by atoms with Gasteiger partial charge in [-0.3, -0.25) is 24.6 Å². The van der Waals surface area contributed by atoms with Crippen molar-refractivity contribution in [2.75, 3.05) is 45.1 Å². The largest absolute Gasteiger partial charge is 0.353 e. The van der Waals surface area contributed by atoms with Gasteiger partial charge in [-0.15, -0.1) is 0 Å². The fourth-order valence-corrected chi connectivity index (χ4v) is 3.72. The van der Waals surface area contributed by atoms with E-state index in [4.69, 9.17) is 0 Å². The zero-order chi connectivity index (χ0) is 22.5. The van der Waals surface area contributed by atoms with Gasteiger partial charge in [0.25, 0.3) is 5.69 Å². The van der Waals surface area contributed by atoms with E-state index in [0.717, 1.165) is 31.9 Å². The van der Waals surface area contributed by atoms with Crippen LogP contribution in [0, 0.1) is 17.0 Å². The first kappa shape index (κ1) is 22.4. The number of nitrogens with one attached hydrogen (secondary N) is 2. The molecular weight excluding hydrogens is 400 g/mol. The third-order valence-electron chi connectivity index (χ3n) is 5.56. The Morgan fingerprint density at radius 3 is 2.45 bits per heavy atom. The number of carbonyl (C=O) groups is 2. The van der Waals surface area contributed by atoms with Crippen LogP contribution in [0.1, 0.15) is 17.3 Å². The van der Waals surface area contributed by atoms with Crippen molar-refractivity contribution < 1.29 is 14.5 Å². The number of piperazine rings is 1. The van der Waals surface area contributed by atoms with Gasteiger partial charge in [0.1, 0.15) is 5.69 Å². The lowest BCUT2D eigenvalue weighted by Gasteiger charge is -2.38. The fourth-order valence-electron chi connectivity index (χ4n) is 3.72. The molecule has 2 N–H and O–H groups in total. The number of hydrogen-bond acceptors (Lipinski definition) is 6. The zero-order valence-electron chi connectivity index (χ0n) is 18.0. The van der Waals surface area contributed by atoms with Crippen LogP contribution in [-0.4, -0.2) is 70.9 Å². The molecular formula is C21H28N6O4. The number of benzene rings is 1. The number of aryl methyl sites for hydroxylation is 2. The lowest BCUT2D eigenvalue weighted by Crippen LogP contribution is -2.49. The summed E-state index contributed by atoms with van der Waals surface area (Å²) in [7, 11) is 4.02. The van der Waals surface area contributed by atoms with Crippen molar-refractivity contribution in [1.29, 1.82) is 0 Å². The van der Waals surface area contributed by atoms with E-state index in [0.29, 0.717) is 5.56 Å². The number of amides is 2. The molecule has 1 fully saturated rings. The second-order valence-electron chi connectivity index (χ2n) is 7.84. The van der Waals surface area contributed by atoms with E-state index < -0.39 is 16.7 Å². The number of hydrogen-bond donors (Lipinski definition) is 2. The average molecular weight is 428 g/mol. The molecule has 166 valence electrons. The lowest BCUT2D eigenvalue weighted by atomic mass is 10.1. The van der Waals surface area contributed by atoms with Crippen LogP contribution in [0.4, 0.5) is 11.4 Å². The van der Waals surface area contributed by atoms with Crippen LogP contribution < -0.4 is 10.6 Å². The van der Waals surface area contributed by atoms with Crippen molar-refractivity contribution in [3.8, 4) is 0 Å². The smallest absolute Gasteiger partial charge is 0.313 e. The molecule has 1 atom stereocenters. The minimum absolute atomic E-state index is 0.00574. The minimum Gasteiger partial charge on any atom is -0.353 e. The molecule has 10 heteroatoms. The molecule has 0 aliphatic carbocycles.